The molecular formula is C21H23N5O. The Morgan fingerprint density at radius 2 is 1.85 bits per heavy atom. The van der Waals surface area contributed by atoms with E-state index >= 15 is 0 Å². The van der Waals surface area contributed by atoms with Gasteiger partial charge < -0.3 is 9.80 Å². The Morgan fingerprint density at radius 3 is 2.59 bits per heavy atom. The molecule has 0 radical (unpaired) electrons. The van der Waals surface area contributed by atoms with E-state index in [4.69, 9.17) is 0 Å². The number of amides is 1. The minimum Gasteiger partial charge on any atom is -0.352 e. The molecule has 1 fully saturated rings. The smallest absolute Gasteiger partial charge is 0.240 e. The number of nitrogens with zero attached hydrogens (tertiary/aromatic N) is 5. The number of carbonyl (C=O) groups excluding carboxylic acids is 1. The van der Waals surface area contributed by atoms with Crippen LogP contribution in [0.25, 0.3) is 0 Å². The molecule has 138 valence electrons. The number of hydrogen-bond acceptors (Lipinski definition) is 5. The molecule has 0 bridgehead atoms. The normalized spacial score (nSPS) is 20.1. The molecule has 2 aliphatic heterocycles. The number of carbonyl (C=O) groups is 1. The van der Waals surface area contributed by atoms with Crippen LogP contribution < -0.4 is 4.90 Å². The van der Waals surface area contributed by atoms with Crippen molar-refractivity contribution in [2.45, 2.75) is 19.0 Å². The second kappa shape index (κ2) is 7.37. The third-order valence-corrected chi connectivity index (χ3v) is 5.57. The van der Waals surface area contributed by atoms with Crippen molar-refractivity contribution in [1.82, 2.24) is 14.8 Å². The lowest BCUT2D eigenvalue weighted by atomic mass is 9.93. The first-order valence-electron chi connectivity index (χ1n) is 9.33. The summed E-state index contributed by atoms with van der Waals surface area (Å²) in [5, 5.41) is 9.28. The zero-order chi connectivity index (χ0) is 18.8. The van der Waals surface area contributed by atoms with E-state index in [1.807, 2.05) is 18.0 Å². The number of piperazine rings is 1. The fraction of sp³-hybridized carbons (Fsp3) is 0.381. The summed E-state index contributed by atoms with van der Waals surface area (Å²) in [5.41, 5.74) is 3.17. The second-order valence-electron chi connectivity index (χ2n) is 7.20. The average Bonchev–Trinajstić information content (AvgIpc) is 2.73. The maximum atomic E-state index is 13.1. The Hall–Kier alpha value is -2.91. The molecule has 0 N–H and O–H groups in total. The van der Waals surface area contributed by atoms with Gasteiger partial charge in [0.15, 0.2) is 0 Å². The molecule has 2 aromatic rings. The van der Waals surface area contributed by atoms with E-state index in [0.717, 1.165) is 18.8 Å². The van der Waals surface area contributed by atoms with Gasteiger partial charge in [0.05, 0.1) is 11.6 Å². The Bertz CT molecular complexity index is 882. The molecule has 0 spiro atoms. The molecule has 0 saturated carbocycles. The number of aromatic nitrogens is 1. The SMILES string of the molecule is CN1Cc2ccccc2C[C@@H]1C(=O)N1CCN(c2ncccc2C#N)CC1. The van der Waals surface area contributed by atoms with Gasteiger partial charge in [0.1, 0.15) is 11.9 Å². The second-order valence-corrected chi connectivity index (χ2v) is 7.20. The number of fused-ring (bicyclic) bond motifs is 1. The number of rotatable bonds is 2. The van der Waals surface area contributed by atoms with E-state index in [-0.39, 0.29) is 11.9 Å². The fourth-order valence-electron chi connectivity index (χ4n) is 4.02. The van der Waals surface area contributed by atoms with E-state index in [1.165, 1.54) is 11.1 Å². The molecule has 4 rings (SSSR count). The van der Waals surface area contributed by atoms with Crippen LogP contribution in [0.3, 0.4) is 0 Å². The van der Waals surface area contributed by atoms with Crippen molar-refractivity contribution in [2.75, 3.05) is 38.1 Å². The lowest BCUT2D eigenvalue weighted by Crippen LogP contribution is -2.56. The number of nitriles is 1. The lowest BCUT2D eigenvalue weighted by molar-refractivity contribution is -0.137. The van der Waals surface area contributed by atoms with E-state index < -0.39 is 0 Å². The van der Waals surface area contributed by atoms with E-state index in [1.54, 1.807) is 18.3 Å². The quantitative estimate of drug-likeness (QED) is 0.814. The van der Waals surface area contributed by atoms with Gasteiger partial charge >= 0.3 is 0 Å². The first-order valence-corrected chi connectivity index (χ1v) is 9.33. The van der Waals surface area contributed by atoms with Crippen molar-refractivity contribution in [3.05, 3.63) is 59.3 Å². The maximum Gasteiger partial charge on any atom is 0.240 e. The molecule has 6 nitrogen and oxygen atoms in total. The highest BCUT2D eigenvalue weighted by Crippen LogP contribution is 2.24. The summed E-state index contributed by atoms with van der Waals surface area (Å²) in [6.45, 7) is 3.53. The summed E-state index contributed by atoms with van der Waals surface area (Å²) in [7, 11) is 2.03. The average molecular weight is 361 g/mol. The molecule has 6 heteroatoms. The van der Waals surface area contributed by atoms with Gasteiger partial charge in [-0.05, 0) is 36.7 Å². The number of anilines is 1. The third kappa shape index (κ3) is 3.38. The Labute approximate surface area is 159 Å². The first kappa shape index (κ1) is 17.5. The van der Waals surface area contributed by atoms with E-state index in [0.29, 0.717) is 31.7 Å². The summed E-state index contributed by atoms with van der Waals surface area (Å²) in [6, 6.07) is 14.0. The monoisotopic (exact) mass is 361 g/mol. The molecule has 2 aliphatic rings. The Kier molecular flexibility index (Phi) is 4.78. The predicted octanol–water partition coefficient (Wildman–Crippen LogP) is 1.66. The van der Waals surface area contributed by atoms with Crippen LogP contribution >= 0.6 is 0 Å². The Morgan fingerprint density at radius 1 is 1.11 bits per heavy atom. The highest BCUT2D eigenvalue weighted by molar-refractivity contribution is 5.83. The zero-order valence-electron chi connectivity index (χ0n) is 15.5. The molecule has 1 saturated heterocycles. The van der Waals surface area contributed by atoms with Crippen LogP contribution in [0.2, 0.25) is 0 Å². The minimum atomic E-state index is -0.101. The molecular weight excluding hydrogens is 338 g/mol. The topological polar surface area (TPSA) is 63.5 Å². The summed E-state index contributed by atoms with van der Waals surface area (Å²) < 4.78 is 0. The number of hydrogen-bond donors (Lipinski definition) is 0. The molecule has 0 aliphatic carbocycles. The molecule has 27 heavy (non-hydrogen) atoms. The van der Waals surface area contributed by atoms with Crippen LogP contribution in [0.4, 0.5) is 5.82 Å². The lowest BCUT2D eigenvalue weighted by Gasteiger charge is -2.40. The summed E-state index contributed by atoms with van der Waals surface area (Å²) in [4.78, 5) is 23.7. The highest BCUT2D eigenvalue weighted by Gasteiger charge is 2.33. The van der Waals surface area contributed by atoms with Crippen molar-refractivity contribution in [3.8, 4) is 6.07 Å². The first-order chi connectivity index (χ1) is 13.2. The van der Waals surface area contributed by atoms with Crippen molar-refractivity contribution in [2.24, 2.45) is 0 Å². The van der Waals surface area contributed by atoms with Crippen molar-refractivity contribution < 1.29 is 4.79 Å². The molecule has 1 aromatic carbocycles. The molecule has 3 heterocycles. The molecule has 0 unspecified atom stereocenters. The van der Waals surface area contributed by atoms with Crippen molar-refractivity contribution in [1.29, 1.82) is 5.26 Å². The van der Waals surface area contributed by atoms with Crippen molar-refractivity contribution in [3.63, 3.8) is 0 Å². The molecule has 1 atom stereocenters. The van der Waals surface area contributed by atoms with Gasteiger partial charge in [-0.15, -0.1) is 0 Å². The maximum absolute atomic E-state index is 13.1. The van der Waals surface area contributed by atoms with Gasteiger partial charge in [0.2, 0.25) is 5.91 Å². The predicted molar refractivity (Wildman–Crippen MR) is 103 cm³/mol. The van der Waals surface area contributed by atoms with E-state index in [9.17, 15) is 10.1 Å². The number of likely N-dealkylation sites (N-methyl/N-ethyl adjacent to an activating group) is 1. The molecule has 1 aromatic heterocycles. The summed E-state index contributed by atoms with van der Waals surface area (Å²) >= 11 is 0. The van der Waals surface area contributed by atoms with Crippen LogP contribution in [0.1, 0.15) is 16.7 Å². The summed E-state index contributed by atoms with van der Waals surface area (Å²) in [5.74, 6) is 0.920. The van der Waals surface area contributed by atoms with Gasteiger partial charge in [-0.25, -0.2) is 4.98 Å². The van der Waals surface area contributed by atoms with Crippen molar-refractivity contribution >= 4 is 11.7 Å². The number of pyridine rings is 1. The molecule has 1 amide bonds. The van der Waals surface area contributed by atoms with Gasteiger partial charge in [-0.2, -0.15) is 5.26 Å². The summed E-state index contributed by atoms with van der Waals surface area (Å²) in [6.07, 6.45) is 2.48. The zero-order valence-corrected chi connectivity index (χ0v) is 15.5. The van der Waals surface area contributed by atoms with E-state index in [2.05, 4.69) is 39.1 Å². The van der Waals surface area contributed by atoms with Crippen LogP contribution in [0, 0.1) is 11.3 Å². The fourth-order valence-corrected chi connectivity index (χ4v) is 4.02. The van der Waals surface area contributed by atoms with Gasteiger partial charge in [-0.3, -0.25) is 9.69 Å². The third-order valence-electron chi connectivity index (χ3n) is 5.57. The highest BCUT2D eigenvalue weighted by atomic mass is 16.2. The minimum absolute atomic E-state index is 0.101. The van der Waals surface area contributed by atoms with Crippen LogP contribution in [-0.4, -0.2) is 60.0 Å². The van der Waals surface area contributed by atoms with Crippen LogP contribution in [0.15, 0.2) is 42.6 Å². The standard InChI is InChI=1S/C21H23N5O/c1-24-15-18-6-3-2-5-16(18)13-19(24)21(27)26-11-9-25(10-12-26)20-17(14-22)7-4-8-23-20/h2-8,19H,9-13,15H2,1H3/t19-/m1/s1. The van der Waals surface area contributed by atoms with Gasteiger partial charge in [0, 0.05) is 38.9 Å². The largest absolute Gasteiger partial charge is 0.352 e. The van der Waals surface area contributed by atoms with Crippen LogP contribution in [-0.2, 0) is 17.8 Å². The van der Waals surface area contributed by atoms with Gasteiger partial charge in [-0.1, -0.05) is 24.3 Å². The van der Waals surface area contributed by atoms with Gasteiger partial charge in [0.25, 0.3) is 0 Å². The number of benzene rings is 1. The Balaban J connectivity index is 1.43. The van der Waals surface area contributed by atoms with Crippen LogP contribution in [0.5, 0.6) is 0 Å².